The minimum Gasteiger partial charge on any atom is -0.512 e. The van der Waals surface area contributed by atoms with Gasteiger partial charge in [0.05, 0.1) is 5.76 Å². The Hall–Kier alpha value is -7.45. The number of aryl methyl sites for hydroxylation is 4. The first-order valence-electron chi connectivity index (χ1n) is 29.0. The Kier molecular flexibility index (Phi) is 41.8. The summed E-state index contributed by atoms with van der Waals surface area (Å²) >= 11 is 0. The number of benzene rings is 7. The van der Waals surface area contributed by atoms with E-state index in [-0.39, 0.29) is 132 Å². The molecule has 0 saturated carbocycles. The molecule has 0 aliphatic heterocycles. The minimum atomic E-state index is -0.125. The molecule has 7 aromatic carbocycles. The number of fused-ring (bicyclic) bond motifs is 3. The van der Waals surface area contributed by atoms with E-state index in [9.17, 15) is 4.79 Å². The summed E-state index contributed by atoms with van der Waals surface area (Å²) in [5.41, 5.74) is 19.9. The summed E-state index contributed by atoms with van der Waals surface area (Å²) < 4.78 is 0. The maximum Gasteiger partial charge on any atom is 0.155 e. The van der Waals surface area contributed by atoms with Gasteiger partial charge < -0.3 is 35.0 Å². The van der Waals surface area contributed by atoms with Crippen LogP contribution in [-0.2, 0) is 138 Å². The van der Waals surface area contributed by atoms with Crippen molar-refractivity contribution in [2.75, 3.05) is 0 Å². The predicted octanol–water partition coefficient (Wildman–Crippen LogP) is 18.7. The van der Waals surface area contributed by atoms with E-state index in [0.29, 0.717) is 0 Å². The van der Waals surface area contributed by atoms with Crippen LogP contribution in [0.2, 0.25) is 0 Å². The molecular weight excluding hydrogens is 2240 g/mol. The molecule has 6 radical (unpaired) electrons. The molecule has 6 heterocycles. The van der Waals surface area contributed by atoms with Crippen LogP contribution in [0.25, 0.3) is 78.7 Å². The maximum absolute atomic E-state index is 10.0. The molecule has 0 unspecified atom stereocenters. The van der Waals surface area contributed by atoms with Crippen LogP contribution < -0.4 is 0 Å². The van der Waals surface area contributed by atoms with Crippen LogP contribution in [0.15, 0.2) is 304 Å². The Morgan fingerprint density at radius 2 is 0.800 bits per heavy atom. The zero-order valence-corrected chi connectivity index (χ0v) is 66.6. The van der Waals surface area contributed by atoms with E-state index < -0.39 is 0 Å². The molecule has 95 heavy (non-hydrogen) atoms. The van der Waals surface area contributed by atoms with Crippen LogP contribution >= 0.6 is 0 Å². The molecule has 1 aliphatic rings. The maximum atomic E-state index is 10.0. The monoisotopic (exact) mass is 2310 g/mol. The molecule has 492 valence electrons. The number of ketones is 1. The van der Waals surface area contributed by atoms with E-state index in [4.69, 9.17) is 5.11 Å². The zero-order valence-electron chi connectivity index (χ0n) is 52.2. The Bertz CT molecular complexity index is 3940. The third kappa shape index (κ3) is 28.8. The second-order valence-electron chi connectivity index (χ2n) is 20.0. The van der Waals surface area contributed by atoms with E-state index in [1.165, 1.54) is 58.9 Å². The van der Waals surface area contributed by atoms with Crippen molar-refractivity contribution in [3.8, 4) is 78.7 Å². The van der Waals surface area contributed by atoms with Crippen LogP contribution in [0, 0.1) is 50.2 Å². The van der Waals surface area contributed by atoms with Crippen molar-refractivity contribution in [1.82, 2.24) is 29.9 Å². The first kappa shape index (κ1) is 83.6. The molecule has 6 aromatic heterocycles. The van der Waals surface area contributed by atoms with Gasteiger partial charge in [0.1, 0.15) is 0 Å². The Morgan fingerprint density at radius 1 is 0.368 bits per heavy atom. The normalized spacial score (nSPS) is 9.87. The van der Waals surface area contributed by atoms with Crippen LogP contribution in [0.5, 0.6) is 0 Å². The van der Waals surface area contributed by atoms with Gasteiger partial charge in [0, 0.05) is 164 Å². The van der Waals surface area contributed by atoms with E-state index in [2.05, 4.69) is 129 Å². The van der Waals surface area contributed by atoms with Gasteiger partial charge in [-0.25, -0.2) is 0 Å². The van der Waals surface area contributed by atoms with E-state index in [1.807, 2.05) is 219 Å². The van der Waals surface area contributed by atoms with Crippen LogP contribution in [-0.4, -0.2) is 40.8 Å². The van der Waals surface area contributed by atoms with Crippen molar-refractivity contribution in [1.29, 1.82) is 0 Å². The van der Waals surface area contributed by atoms with Crippen molar-refractivity contribution < 1.29 is 131 Å². The molecule has 13 aromatic rings. The molecule has 0 amide bonds. The fraction of sp³-hybridized carbons (Fsp3) is 0.0741. The number of hydrogen-bond acceptors (Lipinski definition) is 8. The standard InChI is InChI=1S/C17H12N.C13H10N.2C12H10N.2C11H8N.C5H8O2.6Ir/c1-2-7-14(8-3-1)15-9-6-10-16(13-15)17-11-4-5-12-18-17;1-2-6-12-10(4-1)7-8-11-5-3-9-14-13(11)12;1-10-5-7-11(8-6-10)12-4-2-3-9-13-12;1-10-6-5-9-13-12(10)11-7-3-2-4-8-11;2*1-2-6-10(7-3-1)11-8-4-5-9-12-11;1-4(6)3-5(2)7;;;;;;/h1-9,11-13H;1-5,9H,7-8H2;2*2-7,9H,1H3;2*1-6,8-9H;3,6H,1-2H3;;;;;;/q6*-1;;;;;;;. The molecule has 0 fully saturated rings. The van der Waals surface area contributed by atoms with Crippen molar-refractivity contribution in [2.24, 2.45) is 0 Å². The third-order valence-corrected chi connectivity index (χ3v) is 13.2. The Labute approximate surface area is 641 Å². The fourth-order valence-electron chi connectivity index (χ4n) is 8.92. The summed E-state index contributed by atoms with van der Waals surface area (Å²) in [4.78, 5) is 35.8. The molecular formula is C81H66Ir6N6O2-6. The summed E-state index contributed by atoms with van der Waals surface area (Å²) in [7, 11) is 0. The van der Waals surface area contributed by atoms with Gasteiger partial charge in [-0.1, -0.05) is 115 Å². The third-order valence-electron chi connectivity index (χ3n) is 13.2. The average Bonchev–Trinajstić information content (AvgIpc) is 0.819. The molecule has 1 N–H and O–H groups in total. The molecule has 8 nitrogen and oxygen atoms in total. The molecule has 14 heteroatoms. The van der Waals surface area contributed by atoms with Crippen molar-refractivity contribution >= 4 is 5.78 Å². The molecule has 0 bridgehead atoms. The summed E-state index contributed by atoms with van der Waals surface area (Å²) in [5.74, 6) is -0.0625. The van der Waals surface area contributed by atoms with Gasteiger partial charge in [-0.15, -0.1) is 214 Å². The summed E-state index contributed by atoms with van der Waals surface area (Å²) in [6, 6.07) is 103. The number of carbonyl (C=O) groups excluding carboxylic acids is 1. The van der Waals surface area contributed by atoms with Gasteiger partial charge in [-0.05, 0) is 103 Å². The van der Waals surface area contributed by atoms with E-state index in [1.54, 1.807) is 24.8 Å². The van der Waals surface area contributed by atoms with Gasteiger partial charge in [0.25, 0.3) is 0 Å². The van der Waals surface area contributed by atoms with Crippen LogP contribution in [0.4, 0.5) is 0 Å². The van der Waals surface area contributed by atoms with Crippen molar-refractivity contribution in [2.45, 2.75) is 40.5 Å². The second kappa shape index (κ2) is 47.4. The smallest absolute Gasteiger partial charge is 0.155 e. The van der Waals surface area contributed by atoms with Crippen molar-refractivity contribution in [3.63, 3.8) is 0 Å². The van der Waals surface area contributed by atoms with Gasteiger partial charge in [0.2, 0.25) is 0 Å². The summed E-state index contributed by atoms with van der Waals surface area (Å²) in [6.45, 7) is 6.96. The largest absolute Gasteiger partial charge is 0.512 e. The predicted molar refractivity (Wildman–Crippen MR) is 360 cm³/mol. The zero-order chi connectivity index (χ0) is 62.1. The van der Waals surface area contributed by atoms with Crippen molar-refractivity contribution in [3.05, 3.63) is 362 Å². The Balaban J connectivity index is 0.000000378. The van der Waals surface area contributed by atoms with Gasteiger partial charge in [-0.2, -0.15) is 0 Å². The van der Waals surface area contributed by atoms with Crippen LogP contribution in [0.1, 0.15) is 36.1 Å². The molecule has 0 atom stereocenters. The summed E-state index contributed by atoms with van der Waals surface area (Å²) in [6.07, 6.45) is 14.2. The number of pyridine rings is 6. The number of allylic oxidation sites excluding steroid dienone is 2. The number of carbonyl (C=O) groups is 1. The number of aromatic nitrogens is 6. The Morgan fingerprint density at radius 3 is 1.25 bits per heavy atom. The number of nitrogens with zero attached hydrogens (tertiary/aromatic N) is 6. The van der Waals surface area contributed by atoms with Gasteiger partial charge in [-0.3, -0.25) is 4.79 Å². The fourth-order valence-corrected chi connectivity index (χ4v) is 8.92. The summed E-state index contributed by atoms with van der Waals surface area (Å²) in [5, 5.41) is 8.36. The van der Waals surface area contributed by atoms with E-state index >= 15 is 0 Å². The van der Waals surface area contributed by atoms with Crippen LogP contribution in [0.3, 0.4) is 0 Å². The quantitative estimate of drug-likeness (QED) is 0.0953. The number of aliphatic hydroxyl groups is 1. The molecule has 0 saturated heterocycles. The number of rotatable bonds is 7. The minimum absolute atomic E-state index is 0. The number of aliphatic hydroxyl groups excluding tert-OH is 1. The van der Waals surface area contributed by atoms with Gasteiger partial charge in [0.15, 0.2) is 5.78 Å². The SMILES string of the molecule is CC(=O)C=C(C)O.Cc1c[c-]c(-c2ccccn2)cc1.Cc1cccnc1-c1[c-]cccc1.[Ir].[Ir].[Ir].[Ir].[Ir].[Ir].[c-]1ccc(-c2ccccc2)cc1-c1ccccn1.[c-]1cccc2c1-c1ncccc1CC2.[c-]1ccccc1-c1ccccn1.[c-]1ccccc1-c1ccccn1. The molecule has 0 spiro atoms. The second-order valence-corrected chi connectivity index (χ2v) is 20.0. The first-order chi connectivity index (χ1) is 43.7. The first-order valence-corrected chi connectivity index (χ1v) is 29.0. The topological polar surface area (TPSA) is 115 Å². The molecule has 14 rings (SSSR count). The average molecular weight is 2310 g/mol. The molecule has 1 aliphatic carbocycles. The van der Waals surface area contributed by atoms with E-state index in [0.717, 1.165) is 74.8 Å². The van der Waals surface area contributed by atoms with Gasteiger partial charge >= 0.3 is 0 Å². The number of hydrogen-bond donors (Lipinski definition) is 1.